The highest BCUT2D eigenvalue weighted by atomic mass is 16.1. The molecule has 0 fully saturated rings. The topological polar surface area (TPSA) is 245 Å². The molecule has 0 aliphatic rings. The molecule has 0 unspecified atom stereocenters. The van der Waals surface area contributed by atoms with Crippen molar-refractivity contribution in [3.05, 3.63) is 42.1 Å². The average molecular weight is 280 g/mol. The van der Waals surface area contributed by atoms with Crippen LogP contribution in [0.4, 0.5) is 0 Å². The molecular weight excluding hydrogens is 260 g/mol. The first kappa shape index (κ1) is 30.2. The zero-order chi connectivity index (χ0) is 9.26. The third-order valence-electron chi connectivity index (χ3n) is 1.85. The fourth-order valence-electron chi connectivity index (χ4n) is 1.20. The number of primary amides is 1. The van der Waals surface area contributed by atoms with Gasteiger partial charge in [-0.2, -0.15) is 0 Å². The van der Waals surface area contributed by atoms with Gasteiger partial charge in [-0.05, 0) is 12.1 Å². The minimum absolute atomic E-state index is 0. The lowest BCUT2D eigenvalue weighted by Crippen LogP contribution is -2.12. The van der Waals surface area contributed by atoms with Crippen molar-refractivity contribution >= 4 is 16.8 Å². The maximum absolute atomic E-state index is 10.8. The number of fused-ring (bicyclic) bond motifs is 1. The van der Waals surface area contributed by atoms with E-state index in [0.717, 1.165) is 10.9 Å². The molecule has 0 radical (unpaired) electrons. The summed E-state index contributed by atoms with van der Waals surface area (Å²) in [7, 11) is 0. The van der Waals surface area contributed by atoms with E-state index in [1.54, 1.807) is 6.07 Å². The average Bonchev–Trinajstić information content (AvgIpc) is 2.17. The van der Waals surface area contributed by atoms with E-state index < -0.39 is 5.91 Å². The molecule has 1 aromatic heterocycles. The Kier molecular flexibility index (Phi) is 19.6. The van der Waals surface area contributed by atoms with Crippen molar-refractivity contribution < 1.29 is 37.7 Å². The van der Waals surface area contributed by atoms with Crippen molar-refractivity contribution in [1.82, 2.24) is 4.98 Å². The molecule has 1 amide bonds. The van der Waals surface area contributed by atoms with E-state index in [1.165, 1.54) is 0 Å². The highest BCUT2D eigenvalue weighted by molar-refractivity contribution is 5.93. The number of aromatic nitrogens is 1. The summed E-state index contributed by atoms with van der Waals surface area (Å²) < 4.78 is 0. The Morgan fingerprint density at radius 1 is 0.842 bits per heavy atom. The van der Waals surface area contributed by atoms with Gasteiger partial charge in [-0.15, -0.1) is 0 Å². The number of hydrogen-bond donors (Lipinski definition) is 1. The zero-order valence-electron chi connectivity index (χ0n) is 9.90. The monoisotopic (exact) mass is 280 g/mol. The van der Waals surface area contributed by atoms with Gasteiger partial charge in [0, 0.05) is 5.39 Å². The summed E-state index contributed by atoms with van der Waals surface area (Å²) >= 11 is 0. The van der Waals surface area contributed by atoms with Crippen LogP contribution in [-0.2, 0) is 0 Å². The van der Waals surface area contributed by atoms with Crippen LogP contribution < -0.4 is 5.73 Å². The van der Waals surface area contributed by atoms with E-state index in [2.05, 4.69) is 4.98 Å². The van der Waals surface area contributed by atoms with Crippen molar-refractivity contribution in [1.29, 1.82) is 0 Å². The molecule has 0 atom stereocenters. The Hall–Kier alpha value is -2.14. The summed E-state index contributed by atoms with van der Waals surface area (Å²) in [5.74, 6) is -0.495. The molecule has 112 valence electrons. The molecule has 9 heteroatoms. The summed E-state index contributed by atoms with van der Waals surface area (Å²) in [6.07, 6.45) is 0. The SMILES string of the molecule is NC(=O)c1ccc2ccccc2n1.O.O.O.O.O.O. The molecule has 0 bridgehead atoms. The Bertz CT molecular complexity index is 478. The molecule has 1 heterocycles. The van der Waals surface area contributed by atoms with Gasteiger partial charge in [-0.25, -0.2) is 4.98 Å². The van der Waals surface area contributed by atoms with E-state index in [4.69, 9.17) is 5.73 Å². The summed E-state index contributed by atoms with van der Waals surface area (Å²) in [6, 6.07) is 11.1. The van der Waals surface area contributed by atoms with E-state index in [1.807, 2.05) is 30.3 Å². The molecule has 9 nitrogen and oxygen atoms in total. The van der Waals surface area contributed by atoms with E-state index in [-0.39, 0.29) is 32.9 Å². The van der Waals surface area contributed by atoms with Crippen LogP contribution in [0.2, 0.25) is 0 Å². The standard InChI is InChI=1S/C10H8N2O.6H2O/c11-10(13)9-6-5-7-3-1-2-4-8(7)12-9;;;;;;/h1-6H,(H2,11,13);6*1H2. The molecule has 0 aliphatic heterocycles. The molecule has 0 saturated heterocycles. The van der Waals surface area contributed by atoms with E-state index >= 15 is 0 Å². The van der Waals surface area contributed by atoms with Gasteiger partial charge in [0.05, 0.1) is 5.52 Å². The Morgan fingerprint density at radius 2 is 1.37 bits per heavy atom. The van der Waals surface area contributed by atoms with Gasteiger partial charge in [0.25, 0.3) is 5.91 Å². The number of carbonyl (C=O) groups is 1. The fraction of sp³-hybridized carbons (Fsp3) is 0. The first-order chi connectivity index (χ1) is 6.27. The smallest absolute Gasteiger partial charge is 0.267 e. The lowest BCUT2D eigenvalue weighted by atomic mass is 10.2. The zero-order valence-corrected chi connectivity index (χ0v) is 9.90. The number of rotatable bonds is 1. The number of nitrogens with zero attached hydrogens (tertiary/aromatic N) is 1. The number of carbonyl (C=O) groups excluding carboxylic acids is 1. The highest BCUT2D eigenvalue weighted by Crippen LogP contribution is 2.10. The summed E-state index contributed by atoms with van der Waals surface area (Å²) in [5.41, 5.74) is 6.20. The van der Waals surface area contributed by atoms with Crippen LogP contribution in [0.3, 0.4) is 0 Å². The second-order valence-electron chi connectivity index (χ2n) is 2.75. The number of pyridine rings is 1. The molecule has 14 N–H and O–H groups in total. The predicted molar refractivity (Wildman–Crippen MR) is 71.9 cm³/mol. The lowest BCUT2D eigenvalue weighted by Gasteiger charge is -1.97. The van der Waals surface area contributed by atoms with Gasteiger partial charge in [-0.1, -0.05) is 24.3 Å². The Morgan fingerprint density at radius 3 is 1.89 bits per heavy atom. The van der Waals surface area contributed by atoms with Crippen LogP contribution in [0, 0.1) is 0 Å². The normalized spacial score (nSPS) is 6.95. The second-order valence-corrected chi connectivity index (χ2v) is 2.75. The molecule has 2 aromatic rings. The number of amides is 1. The van der Waals surface area contributed by atoms with Crippen molar-refractivity contribution in [2.45, 2.75) is 0 Å². The summed E-state index contributed by atoms with van der Waals surface area (Å²) in [6.45, 7) is 0. The minimum Gasteiger partial charge on any atom is -0.412 e. The van der Waals surface area contributed by atoms with Crippen molar-refractivity contribution in [3.8, 4) is 0 Å². The Labute approximate surface area is 108 Å². The molecular formula is C10H20N2O7. The molecule has 1 aromatic carbocycles. The first-order valence-corrected chi connectivity index (χ1v) is 3.93. The van der Waals surface area contributed by atoms with Crippen LogP contribution in [0.5, 0.6) is 0 Å². The quantitative estimate of drug-likeness (QED) is 0.555. The maximum atomic E-state index is 10.8. The summed E-state index contributed by atoms with van der Waals surface area (Å²) in [4.78, 5) is 14.9. The number of para-hydroxylation sites is 1. The van der Waals surface area contributed by atoms with Crippen LogP contribution in [-0.4, -0.2) is 43.7 Å². The van der Waals surface area contributed by atoms with Crippen molar-refractivity contribution in [3.63, 3.8) is 0 Å². The van der Waals surface area contributed by atoms with E-state index in [0.29, 0.717) is 5.69 Å². The van der Waals surface area contributed by atoms with Crippen LogP contribution in [0.15, 0.2) is 36.4 Å². The molecule has 0 aliphatic carbocycles. The van der Waals surface area contributed by atoms with Crippen molar-refractivity contribution in [2.24, 2.45) is 5.73 Å². The molecule has 0 saturated carbocycles. The van der Waals surface area contributed by atoms with Gasteiger partial charge < -0.3 is 38.6 Å². The van der Waals surface area contributed by atoms with Gasteiger partial charge >= 0.3 is 0 Å². The maximum Gasteiger partial charge on any atom is 0.267 e. The van der Waals surface area contributed by atoms with Gasteiger partial charge in [0.1, 0.15) is 5.69 Å². The van der Waals surface area contributed by atoms with Crippen LogP contribution >= 0.6 is 0 Å². The van der Waals surface area contributed by atoms with Crippen molar-refractivity contribution in [2.75, 3.05) is 0 Å². The Balaban J connectivity index is -0.000000109. The molecule has 19 heavy (non-hydrogen) atoms. The molecule has 2 rings (SSSR count). The third-order valence-corrected chi connectivity index (χ3v) is 1.85. The summed E-state index contributed by atoms with van der Waals surface area (Å²) in [5, 5.41) is 1.01. The first-order valence-electron chi connectivity index (χ1n) is 3.93. The van der Waals surface area contributed by atoms with Crippen LogP contribution in [0.25, 0.3) is 10.9 Å². The third kappa shape index (κ3) is 6.38. The van der Waals surface area contributed by atoms with Crippen LogP contribution in [0.1, 0.15) is 10.5 Å². The van der Waals surface area contributed by atoms with Gasteiger partial charge in [0.15, 0.2) is 0 Å². The molecule has 0 spiro atoms. The van der Waals surface area contributed by atoms with Gasteiger partial charge in [-0.3, -0.25) is 4.79 Å². The van der Waals surface area contributed by atoms with Gasteiger partial charge in [0.2, 0.25) is 0 Å². The number of nitrogens with two attached hydrogens (primary N) is 1. The largest absolute Gasteiger partial charge is 0.412 e. The van der Waals surface area contributed by atoms with E-state index in [9.17, 15) is 4.79 Å². The number of benzene rings is 1. The minimum atomic E-state index is -0.495. The predicted octanol–water partition coefficient (Wildman–Crippen LogP) is -3.61. The second kappa shape index (κ2) is 12.3. The fourth-order valence-corrected chi connectivity index (χ4v) is 1.20. The highest BCUT2D eigenvalue weighted by Gasteiger charge is 2.01. The number of hydrogen-bond acceptors (Lipinski definition) is 2. The lowest BCUT2D eigenvalue weighted by molar-refractivity contribution is 0.0996.